The fourth-order valence-electron chi connectivity index (χ4n) is 1.73. The van der Waals surface area contributed by atoms with Crippen LogP contribution in [0.1, 0.15) is 11.1 Å². The van der Waals surface area contributed by atoms with Crippen molar-refractivity contribution in [3.05, 3.63) is 58.5 Å². The number of rotatable bonds is 3. The van der Waals surface area contributed by atoms with Crippen LogP contribution in [0.15, 0.2) is 36.5 Å². The van der Waals surface area contributed by atoms with E-state index in [1.165, 1.54) is 17.8 Å². The van der Waals surface area contributed by atoms with E-state index >= 15 is 0 Å². The monoisotopic (exact) mass is 264 g/mol. The van der Waals surface area contributed by atoms with Gasteiger partial charge in [0.2, 0.25) is 0 Å². The molecule has 2 rings (SSSR count). The fraction of sp³-hybridized carbons (Fsp3) is 0.214. The molecule has 0 aliphatic heterocycles. The molecule has 1 aromatic carbocycles. The Bertz CT molecular complexity index is 540. The highest BCUT2D eigenvalue weighted by molar-refractivity contribution is 6.30. The maximum absolute atomic E-state index is 13.7. The third-order valence-electron chi connectivity index (χ3n) is 2.69. The van der Waals surface area contributed by atoms with E-state index in [0.29, 0.717) is 17.4 Å². The molecule has 0 aliphatic carbocycles. The van der Waals surface area contributed by atoms with Gasteiger partial charge in [-0.2, -0.15) is 0 Å². The van der Waals surface area contributed by atoms with Crippen LogP contribution in [0.5, 0.6) is 0 Å². The molecule has 2 nitrogen and oxygen atoms in total. The molecule has 2 aromatic rings. The topological polar surface area (TPSA) is 16.1 Å². The maximum Gasteiger partial charge on any atom is 0.167 e. The summed E-state index contributed by atoms with van der Waals surface area (Å²) in [5, 5.41) is 0.306. The molecule has 0 aliphatic rings. The van der Waals surface area contributed by atoms with Crippen molar-refractivity contribution < 1.29 is 4.39 Å². The second kappa shape index (κ2) is 5.36. The Hall–Kier alpha value is -1.61. The van der Waals surface area contributed by atoms with Gasteiger partial charge < -0.3 is 4.90 Å². The molecule has 0 spiro atoms. The van der Waals surface area contributed by atoms with Crippen LogP contribution < -0.4 is 4.90 Å². The first-order chi connectivity index (χ1) is 8.56. The van der Waals surface area contributed by atoms with E-state index in [-0.39, 0.29) is 0 Å². The Balaban J connectivity index is 2.16. The van der Waals surface area contributed by atoms with Crippen LogP contribution in [0.3, 0.4) is 0 Å². The van der Waals surface area contributed by atoms with Crippen molar-refractivity contribution >= 4 is 17.4 Å². The average Bonchev–Trinajstić information content (AvgIpc) is 2.32. The van der Waals surface area contributed by atoms with E-state index in [0.717, 1.165) is 5.56 Å². The molecular formula is C14H14ClFN2. The normalized spacial score (nSPS) is 10.4. The zero-order valence-electron chi connectivity index (χ0n) is 10.3. The van der Waals surface area contributed by atoms with Crippen molar-refractivity contribution in [3.63, 3.8) is 0 Å². The Labute approximate surface area is 111 Å². The molecule has 1 heterocycles. The quantitative estimate of drug-likeness (QED) is 0.838. The van der Waals surface area contributed by atoms with Gasteiger partial charge in [0.1, 0.15) is 0 Å². The van der Waals surface area contributed by atoms with Crippen LogP contribution in [0.4, 0.5) is 10.2 Å². The largest absolute Gasteiger partial charge is 0.353 e. The molecule has 0 saturated heterocycles. The number of anilines is 1. The number of pyridine rings is 1. The van der Waals surface area contributed by atoms with Crippen molar-refractivity contribution in [2.24, 2.45) is 0 Å². The Morgan fingerprint density at radius 2 is 1.94 bits per heavy atom. The first-order valence-corrected chi connectivity index (χ1v) is 6.02. The summed E-state index contributed by atoms with van der Waals surface area (Å²) in [4.78, 5) is 5.77. The van der Waals surface area contributed by atoms with Crippen LogP contribution >= 0.6 is 11.6 Å². The molecule has 0 N–H and O–H groups in total. The number of hydrogen-bond donors (Lipinski definition) is 0. The predicted octanol–water partition coefficient (Wildman–Crippen LogP) is 3.82. The third kappa shape index (κ3) is 2.99. The molecule has 0 radical (unpaired) electrons. The molecule has 4 heteroatoms. The minimum Gasteiger partial charge on any atom is -0.353 e. The summed E-state index contributed by atoms with van der Waals surface area (Å²) in [5.74, 6) is -0.0999. The van der Waals surface area contributed by atoms with Crippen LogP contribution in [0.2, 0.25) is 5.02 Å². The smallest absolute Gasteiger partial charge is 0.167 e. The van der Waals surface area contributed by atoms with Crippen molar-refractivity contribution in [2.45, 2.75) is 13.5 Å². The van der Waals surface area contributed by atoms with Crippen LogP contribution in [0.25, 0.3) is 0 Å². The standard InChI is InChI=1S/C14H14ClFN2/c1-10-3-5-11(6-4-10)9-18(2)14-13(16)7-12(15)8-17-14/h3-8H,9H2,1-2H3. The summed E-state index contributed by atoms with van der Waals surface area (Å²) in [6, 6.07) is 9.40. The highest BCUT2D eigenvalue weighted by Gasteiger charge is 2.10. The van der Waals surface area contributed by atoms with E-state index in [2.05, 4.69) is 4.98 Å². The number of hydrogen-bond acceptors (Lipinski definition) is 2. The minimum absolute atomic E-state index is 0.306. The fourth-order valence-corrected chi connectivity index (χ4v) is 1.88. The van der Waals surface area contributed by atoms with Crippen molar-refractivity contribution in [2.75, 3.05) is 11.9 Å². The van der Waals surface area contributed by atoms with E-state index in [9.17, 15) is 4.39 Å². The van der Waals surface area contributed by atoms with Crippen LogP contribution in [0, 0.1) is 12.7 Å². The molecule has 1 aromatic heterocycles. The van der Waals surface area contributed by atoms with Gasteiger partial charge in [0.05, 0.1) is 5.02 Å². The number of benzene rings is 1. The lowest BCUT2D eigenvalue weighted by Crippen LogP contribution is -2.19. The van der Waals surface area contributed by atoms with Crippen molar-refractivity contribution in [3.8, 4) is 0 Å². The van der Waals surface area contributed by atoms with Gasteiger partial charge in [-0.15, -0.1) is 0 Å². The highest BCUT2D eigenvalue weighted by Crippen LogP contribution is 2.20. The lowest BCUT2D eigenvalue weighted by Gasteiger charge is -2.18. The average molecular weight is 265 g/mol. The van der Waals surface area contributed by atoms with Crippen molar-refractivity contribution in [1.29, 1.82) is 0 Å². The Morgan fingerprint density at radius 1 is 1.28 bits per heavy atom. The molecule has 0 saturated carbocycles. The highest BCUT2D eigenvalue weighted by atomic mass is 35.5. The SMILES string of the molecule is Cc1ccc(CN(C)c2ncc(Cl)cc2F)cc1. The van der Waals surface area contributed by atoms with Gasteiger partial charge in [0.15, 0.2) is 11.6 Å². The predicted molar refractivity (Wildman–Crippen MR) is 72.5 cm³/mol. The summed E-state index contributed by atoms with van der Waals surface area (Å²) < 4.78 is 13.7. The number of aryl methyl sites for hydroxylation is 1. The molecule has 0 bridgehead atoms. The maximum atomic E-state index is 13.7. The number of nitrogens with zero attached hydrogens (tertiary/aromatic N) is 2. The molecule has 0 fully saturated rings. The van der Waals surface area contributed by atoms with Gasteiger partial charge in [-0.3, -0.25) is 0 Å². The first-order valence-electron chi connectivity index (χ1n) is 5.64. The number of aromatic nitrogens is 1. The van der Waals surface area contributed by atoms with Gasteiger partial charge in [-0.1, -0.05) is 41.4 Å². The summed E-state index contributed by atoms with van der Waals surface area (Å²) in [6.45, 7) is 2.64. The van der Waals surface area contributed by atoms with Crippen LogP contribution in [-0.4, -0.2) is 12.0 Å². The second-order valence-corrected chi connectivity index (χ2v) is 4.74. The van der Waals surface area contributed by atoms with Crippen LogP contribution in [-0.2, 0) is 6.54 Å². The van der Waals surface area contributed by atoms with Gasteiger partial charge in [0.25, 0.3) is 0 Å². The summed E-state index contributed by atoms with van der Waals surface area (Å²) >= 11 is 5.68. The van der Waals surface area contributed by atoms with Crippen molar-refractivity contribution in [1.82, 2.24) is 4.98 Å². The van der Waals surface area contributed by atoms with Gasteiger partial charge in [0, 0.05) is 19.8 Å². The first kappa shape index (κ1) is 12.8. The minimum atomic E-state index is -0.405. The summed E-state index contributed by atoms with van der Waals surface area (Å²) in [6.07, 6.45) is 1.45. The zero-order chi connectivity index (χ0) is 13.1. The molecule has 0 atom stereocenters. The van der Waals surface area contributed by atoms with E-state index in [1.807, 2.05) is 31.2 Å². The van der Waals surface area contributed by atoms with Gasteiger partial charge >= 0.3 is 0 Å². The molecule has 0 amide bonds. The van der Waals surface area contributed by atoms with E-state index < -0.39 is 5.82 Å². The second-order valence-electron chi connectivity index (χ2n) is 4.30. The van der Waals surface area contributed by atoms with E-state index in [4.69, 9.17) is 11.6 Å². The van der Waals surface area contributed by atoms with E-state index in [1.54, 1.807) is 11.9 Å². The molecule has 94 valence electrons. The molecule has 18 heavy (non-hydrogen) atoms. The zero-order valence-corrected chi connectivity index (χ0v) is 11.1. The lowest BCUT2D eigenvalue weighted by atomic mass is 10.1. The molecule has 0 unspecified atom stereocenters. The number of halogens is 2. The Morgan fingerprint density at radius 3 is 2.56 bits per heavy atom. The lowest BCUT2D eigenvalue weighted by molar-refractivity contribution is 0.615. The summed E-state index contributed by atoms with van der Waals surface area (Å²) in [5.41, 5.74) is 2.32. The summed E-state index contributed by atoms with van der Waals surface area (Å²) in [7, 11) is 1.80. The third-order valence-corrected chi connectivity index (χ3v) is 2.90. The van der Waals surface area contributed by atoms with Gasteiger partial charge in [-0.05, 0) is 18.6 Å². The van der Waals surface area contributed by atoms with Gasteiger partial charge in [-0.25, -0.2) is 9.37 Å². The molecular weight excluding hydrogens is 251 g/mol. The Kier molecular flexibility index (Phi) is 3.82.